The lowest BCUT2D eigenvalue weighted by atomic mass is 9.85. The Morgan fingerprint density at radius 1 is 1.28 bits per heavy atom. The van der Waals surface area contributed by atoms with Gasteiger partial charge in [0, 0.05) is 37.8 Å². The van der Waals surface area contributed by atoms with Crippen molar-refractivity contribution in [2.45, 2.75) is 65.3 Å². The second-order valence-electron chi connectivity index (χ2n) is 9.41. The van der Waals surface area contributed by atoms with E-state index in [9.17, 15) is 14.7 Å². The van der Waals surface area contributed by atoms with Crippen LogP contribution in [0.25, 0.3) is 11.3 Å². The molecule has 0 radical (unpaired) electrons. The molecule has 2 N–H and O–H groups in total. The minimum absolute atomic E-state index is 0.0236. The fourth-order valence-electron chi connectivity index (χ4n) is 3.89. The van der Waals surface area contributed by atoms with E-state index in [1.807, 2.05) is 40.7 Å². The summed E-state index contributed by atoms with van der Waals surface area (Å²) in [6.45, 7) is 9.75. The number of carbonyl (C=O) groups is 2. The highest BCUT2D eigenvalue weighted by Gasteiger charge is 2.45. The fourth-order valence-corrected chi connectivity index (χ4v) is 3.89. The summed E-state index contributed by atoms with van der Waals surface area (Å²) in [6.07, 6.45) is 2.84. The highest BCUT2D eigenvalue weighted by atomic mass is 16.5. The molecule has 1 aliphatic rings. The van der Waals surface area contributed by atoms with E-state index < -0.39 is 23.6 Å². The SMILES string of the molecule is CNC(=O)[C@H]1CC(O)CN1C(=O)C(n1cc(-c2ccc(OC(C)C)nc2)nn1)C(C)(C)C. The van der Waals surface area contributed by atoms with Crippen molar-refractivity contribution in [1.29, 1.82) is 0 Å². The molecule has 10 nitrogen and oxygen atoms in total. The summed E-state index contributed by atoms with van der Waals surface area (Å²) < 4.78 is 7.10. The molecular weight excluding hydrogens is 412 g/mol. The number of likely N-dealkylation sites (N-methyl/N-ethyl adjacent to an activating group) is 1. The number of aliphatic hydroxyl groups is 1. The summed E-state index contributed by atoms with van der Waals surface area (Å²) in [5.74, 6) is -0.0544. The lowest BCUT2D eigenvalue weighted by molar-refractivity contribution is -0.144. The van der Waals surface area contributed by atoms with Crippen LogP contribution in [0.2, 0.25) is 0 Å². The molecule has 1 fully saturated rings. The largest absolute Gasteiger partial charge is 0.475 e. The Kier molecular flexibility index (Phi) is 6.82. The van der Waals surface area contributed by atoms with Crippen molar-refractivity contribution in [2.24, 2.45) is 5.41 Å². The standard InChI is InChI=1S/C22H32N6O4/c1-13(2)32-18-8-7-14(10-24-18)16-12-28(26-25-16)19(22(3,4)5)21(31)27-11-15(29)9-17(27)20(30)23-6/h7-8,10,12-13,15,17,19,29H,9,11H2,1-6H3,(H,23,30)/t15?,17-,19?/m1/s1. The van der Waals surface area contributed by atoms with E-state index in [-0.39, 0.29) is 30.9 Å². The molecular formula is C22H32N6O4. The van der Waals surface area contributed by atoms with E-state index in [0.29, 0.717) is 11.6 Å². The smallest absolute Gasteiger partial charge is 0.248 e. The predicted octanol–water partition coefficient (Wildman–Crippen LogP) is 1.42. The van der Waals surface area contributed by atoms with Crippen LogP contribution in [0.4, 0.5) is 0 Å². The van der Waals surface area contributed by atoms with Crippen LogP contribution >= 0.6 is 0 Å². The molecule has 2 amide bonds. The lowest BCUT2D eigenvalue weighted by Gasteiger charge is -2.34. The van der Waals surface area contributed by atoms with Crippen molar-refractivity contribution in [3.8, 4) is 17.1 Å². The number of nitrogens with one attached hydrogen (secondary N) is 1. The van der Waals surface area contributed by atoms with Crippen molar-refractivity contribution in [3.05, 3.63) is 24.5 Å². The van der Waals surface area contributed by atoms with Gasteiger partial charge in [-0.1, -0.05) is 26.0 Å². The minimum atomic E-state index is -0.745. The maximum atomic E-state index is 13.6. The number of ether oxygens (including phenoxy) is 1. The summed E-state index contributed by atoms with van der Waals surface area (Å²) >= 11 is 0. The van der Waals surface area contributed by atoms with E-state index in [1.54, 1.807) is 18.5 Å². The van der Waals surface area contributed by atoms with Crippen molar-refractivity contribution in [3.63, 3.8) is 0 Å². The third kappa shape index (κ3) is 5.07. The first-order valence-corrected chi connectivity index (χ1v) is 10.8. The molecule has 32 heavy (non-hydrogen) atoms. The van der Waals surface area contributed by atoms with Gasteiger partial charge in [0.25, 0.3) is 0 Å². The molecule has 3 atom stereocenters. The molecule has 2 unspecified atom stereocenters. The number of β-amino-alcohol motifs (C(OH)–C–C–N with tert-alkyl or cyclic N) is 1. The second kappa shape index (κ2) is 9.23. The highest BCUT2D eigenvalue weighted by molar-refractivity contribution is 5.90. The summed E-state index contributed by atoms with van der Waals surface area (Å²) in [5.41, 5.74) is 0.794. The topological polar surface area (TPSA) is 122 Å². The molecule has 1 aliphatic heterocycles. The van der Waals surface area contributed by atoms with Gasteiger partial charge in [-0.2, -0.15) is 0 Å². The monoisotopic (exact) mass is 444 g/mol. The van der Waals surface area contributed by atoms with Crippen LogP contribution in [0, 0.1) is 5.41 Å². The number of rotatable bonds is 6. The molecule has 0 aliphatic carbocycles. The van der Waals surface area contributed by atoms with Crippen LogP contribution in [-0.4, -0.2) is 73.6 Å². The van der Waals surface area contributed by atoms with Gasteiger partial charge in [0.15, 0.2) is 0 Å². The molecule has 0 aromatic carbocycles. The number of hydrogen-bond donors (Lipinski definition) is 2. The third-order valence-corrected chi connectivity index (χ3v) is 5.33. The van der Waals surface area contributed by atoms with Crippen LogP contribution in [0.5, 0.6) is 5.88 Å². The van der Waals surface area contributed by atoms with Gasteiger partial charge in [0.05, 0.1) is 18.4 Å². The van der Waals surface area contributed by atoms with Crippen molar-refractivity contribution >= 4 is 11.8 Å². The normalized spacial score (nSPS) is 19.8. The third-order valence-electron chi connectivity index (χ3n) is 5.33. The second-order valence-corrected chi connectivity index (χ2v) is 9.41. The van der Waals surface area contributed by atoms with Crippen LogP contribution in [0.1, 0.15) is 47.1 Å². The van der Waals surface area contributed by atoms with Crippen molar-refractivity contribution in [1.82, 2.24) is 30.2 Å². The van der Waals surface area contributed by atoms with Crippen molar-refractivity contribution < 1.29 is 19.4 Å². The number of aromatic nitrogens is 4. The first-order chi connectivity index (χ1) is 15.0. The average molecular weight is 445 g/mol. The van der Waals surface area contributed by atoms with Gasteiger partial charge in [0.1, 0.15) is 17.8 Å². The molecule has 174 valence electrons. The molecule has 3 rings (SSSR count). The summed E-state index contributed by atoms with van der Waals surface area (Å²) in [7, 11) is 1.52. The molecule has 0 bridgehead atoms. The van der Waals surface area contributed by atoms with Crippen LogP contribution in [-0.2, 0) is 9.59 Å². The molecule has 2 aromatic rings. The fraction of sp³-hybridized carbons (Fsp3) is 0.591. The zero-order chi connectivity index (χ0) is 23.6. The Hall–Kier alpha value is -3.01. The van der Waals surface area contributed by atoms with Crippen LogP contribution in [0.3, 0.4) is 0 Å². The van der Waals surface area contributed by atoms with Gasteiger partial charge in [0.2, 0.25) is 17.7 Å². The lowest BCUT2D eigenvalue weighted by Crippen LogP contribution is -2.49. The van der Waals surface area contributed by atoms with E-state index in [2.05, 4.69) is 20.6 Å². The summed E-state index contributed by atoms with van der Waals surface area (Å²) in [6, 6.07) is 2.18. The molecule has 3 heterocycles. The Bertz CT molecular complexity index is 950. The van der Waals surface area contributed by atoms with Gasteiger partial charge < -0.3 is 20.1 Å². The molecule has 2 aromatic heterocycles. The predicted molar refractivity (Wildman–Crippen MR) is 118 cm³/mol. The maximum absolute atomic E-state index is 13.6. The summed E-state index contributed by atoms with van der Waals surface area (Å²) in [4.78, 5) is 31.6. The molecule has 10 heteroatoms. The zero-order valence-corrected chi connectivity index (χ0v) is 19.4. The number of carbonyl (C=O) groups excluding carboxylic acids is 2. The van der Waals surface area contributed by atoms with Gasteiger partial charge in [-0.25, -0.2) is 9.67 Å². The first-order valence-electron chi connectivity index (χ1n) is 10.8. The van der Waals surface area contributed by atoms with Gasteiger partial charge in [-0.05, 0) is 25.3 Å². The Balaban J connectivity index is 1.88. The molecule has 0 saturated carbocycles. The Labute approximate surface area is 188 Å². The quantitative estimate of drug-likeness (QED) is 0.691. The van der Waals surface area contributed by atoms with Gasteiger partial charge >= 0.3 is 0 Å². The Morgan fingerprint density at radius 3 is 2.56 bits per heavy atom. The Morgan fingerprint density at radius 2 is 2.00 bits per heavy atom. The summed E-state index contributed by atoms with van der Waals surface area (Å²) in [5, 5.41) is 21.2. The van der Waals surface area contributed by atoms with E-state index in [0.717, 1.165) is 5.56 Å². The van der Waals surface area contributed by atoms with Crippen molar-refractivity contribution in [2.75, 3.05) is 13.6 Å². The molecule has 1 saturated heterocycles. The van der Waals surface area contributed by atoms with Gasteiger partial charge in [-0.15, -0.1) is 5.10 Å². The number of hydrogen-bond acceptors (Lipinski definition) is 7. The highest BCUT2D eigenvalue weighted by Crippen LogP contribution is 2.35. The van der Waals surface area contributed by atoms with Crippen LogP contribution in [0.15, 0.2) is 24.5 Å². The van der Waals surface area contributed by atoms with Gasteiger partial charge in [-0.3, -0.25) is 9.59 Å². The minimum Gasteiger partial charge on any atom is -0.475 e. The maximum Gasteiger partial charge on any atom is 0.248 e. The molecule has 0 spiro atoms. The number of nitrogens with zero attached hydrogens (tertiary/aromatic N) is 5. The number of amides is 2. The number of pyridine rings is 1. The number of aliphatic hydroxyl groups excluding tert-OH is 1. The first kappa shape index (κ1) is 23.6. The van der Waals surface area contributed by atoms with E-state index in [1.165, 1.54) is 16.6 Å². The van der Waals surface area contributed by atoms with E-state index >= 15 is 0 Å². The zero-order valence-electron chi connectivity index (χ0n) is 19.4. The number of likely N-dealkylation sites (tertiary alicyclic amines) is 1. The van der Waals surface area contributed by atoms with E-state index in [4.69, 9.17) is 4.74 Å². The average Bonchev–Trinajstić information content (AvgIpc) is 3.33. The van der Waals surface area contributed by atoms with Crippen LogP contribution < -0.4 is 10.1 Å².